The van der Waals surface area contributed by atoms with Crippen LogP contribution in [0.25, 0.3) is 0 Å². The normalized spacial score (nSPS) is 23.8. The van der Waals surface area contributed by atoms with E-state index in [2.05, 4.69) is 6.92 Å². The van der Waals surface area contributed by atoms with Crippen molar-refractivity contribution in [2.45, 2.75) is 43.8 Å². The molecule has 3 nitrogen and oxygen atoms in total. The number of hydrogen-bond donors (Lipinski definition) is 2. The van der Waals surface area contributed by atoms with E-state index in [1.165, 1.54) is 0 Å². The summed E-state index contributed by atoms with van der Waals surface area (Å²) >= 11 is 6.22. The molecule has 0 aromatic heterocycles. The third-order valence-electron chi connectivity index (χ3n) is 3.99. The first-order valence-electron chi connectivity index (χ1n) is 6.73. The molecule has 4 heteroatoms. The molecule has 1 aliphatic heterocycles. The summed E-state index contributed by atoms with van der Waals surface area (Å²) in [5, 5.41) is 20.2. The Balaban J connectivity index is 2.25. The molecular formula is C15H21ClO3. The summed E-state index contributed by atoms with van der Waals surface area (Å²) in [4.78, 5) is 0. The average Bonchev–Trinajstić information content (AvgIpc) is 2.82. The van der Waals surface area contributed by atoms with E-state index in [1.54, 1.807) is 6.07 Å². The first-order valence-corrected chi connectivity index (χ1v) is 7.11. The fourth-order valence-electron chi connectivity index (χ4n) is 2.82. The Bertz CT molecular complexity index is 418. The van der Waals surface area contributed by atoms with Gasteiger partial charge in [0.05, 0.1) is 25.4 Å². The minimum Gasteiger partial charge on any atom is -0.395 e. The summed E-state index contributed by atoms with van der Waals surface area (Å²) in [5.41, 5.74) is 0.0670. The quantitative estimate of drug-likeness (QED) is 0.873. The predicted octanol–water partition coefficient (Wildman–Crippen LogP) is 2.52. The summed E-state index contributed by atoms with van der Waals surface area (Å²) in [7, 11) is 0. The number of benzene rings is 1. The molecule has 0 radical (unpaired) electrons. The van der Waals surface area contributed by atoms with Crippen LogP contribution < -0.4 is 0 Å². The molecule has 19 heavy (non-hydrogen) atoms. The van der Waals surface area contributed by atoms with Crippen molar-refractivity contribution in [3.63, 3.8) is 0 Å². The zero-order chi connectivity index (χ0) is 13.9. The summed E-state index contributed by atoms with van der Waals surface area (Å²) in [6.07, 6.45) is 2.92. The van der Waals surface area contributed by atoms with Crippen molar-refractivity contribution in [1.29, 1.82) is 0 Å². The number of ether oxygens (including phenoxy) is 1. The van der Waals surface area contributed by atoms with Gasteiger partial charge in [-0.15, -0.1) is 0 Å². The predicted molar refractivity (Wildman–Crippen MR) is 75.5 cm³/mol. The zero-order valence-electron chi connectivity index (χ0n) is 11.2. The van der Waals surface area contributed by atoms with Crippen LogP contribution in [0.4, 0.5) is 0 Å². The molecule has 106 valence electrons. The minimum absolute atomic E-state index is 0.0746. The van der Waals surface area contributed by atoms with Crippen molar-refractivity contribution in [2.75, 3.05) is 13.2 Å². The fourth-order valence-corrected chi connectivity index (χ4v) is 3.16. The van der Waals surface area contributed by atoms with Crippen molar-refractivity contribution in [2.24, 2.45) is 0 Å². The smallest absolute Gasteiger partial charge is 0.0590 e. The first kappa shape index (κ1) is 14.8. The Labute approximate surface area is 119 Å². The van der Waals surface area contributed by atoms with Crippen LogP contribution in [-0.2, 0) is 10.2 Å². The lowest BCUT2D eigenvalue weighted by Gasteiger charge is -2.33. The van der Waals surface area contributed by atoms with E-state index in [0.717, 1.165) is 18.4 Å². The Morgan fingerprint density at radius 2 is 1.95 bits per heavy atom. The topological polar surface area (TPSA) is 49.7 Å². The molecular weight excluding hydrogens is 264 g/mol. The zero-order valence-corrected chi connectivity index (χ0v) is 11.9. The van der Waals surface area contributed by atoms with E-state index in [9.17, 15) is 10.2 Å². The Morgan fingerprint density at radius 1 is 1.26 bits per heavy atom. The second-order valence-electron chi connectivity index (χ2n) is 5.43. The molecule has 0 bridgehead atoms. The van der Waals surface area contributed by atoms with Gasteiger partial charge in [-0.05, 0) is 37.8 Å². The van der Waals surface area contributed by atoms with Crippen molar-refractivity contribution >= 4 is 11.6 Å². The molecule has 2 N–H and O–H groups in total. The largest absolute Gasteiger partial charge is 0.395 e. The maximum Gasteiger partial charge on any atom is 0.0590 e. The summed E-state index contributed by atoms with van der Waals surface area (Å²) in [6, 6.07) is 7.38. The molecule has 2 rings (SSSR count). The number of rotatable bonds is 5. The second-order valence-corrected chi connectivity index (χ2v) is 5.83. The molecule has 1 heterocycles. The second kappa shape index (κ2) is 6.23. The van der Waals surface area contributed by atoms with Crippen LogP contribution in [-0.4, -0.2) is 35.6 Å². The van der Waals surface area contributed by atoms with Gasteiger partial charge in [-0.3, -0.25) is 0 Å². The van der Waals surface area contributed by atoms with Gasteiger partial charge < -0.3 is 14.9 Å². The maximum absolute atomic E-state index is 9.81. The van der Waals surface area contributed by atoms with Gasteiger partial charge in [0.25, 0.3) is 0 Å². The van der Waals surface area contributed by atoms with Crippen molar-refractivity contribution < 1.29 is 14.9 Å². The highest BCUT2D eigenvalue weighted by atomic mass is 35.5. The van der Waals surface area contributed by atoms with Crippen molar-refractivity contribution in [1.82, 2.24) is 0 Å². The monoisotopic (exact) mass is 284 g/mol. The van der Waals surface area contributed by atoms with E-state index >= 15 is 0 Å². The van der Waals surface area contributed by atoms with E-state index < -0.39 is 5.41 Å². The Kier molecular flexibility index (Phi) is 4.85. The molecule has 1 fully saturated rings. The van der Waals surface area contributed by atoms with Gasteiger partial charge in [0.2, 0.25) is 0 Å². The van der Waals surface area contributed by atoms with Crippen LogP contribution in [0.15, 0.2) is 24.3 Å². The van der Waals surface area contributed by atoms with E-state index in [0.29, 0.717) is 11.4 Å². The highest BCUT2D eigenvalue weighted by molar-refractivity contribution is 6.31. The van der Waals surface area contributed by atoms with Gasteiger partial charge in [0, 0.05) is 10.4 Å². The van der Waals surface area contributed by atoms with Crippen LogP contribution in [0.1, 0.15) is 31.7 Å². The Morgan fingerprint density at radius 3 is 2.47 bits per heavy atom. The molecule has 0 amide bonds. The average molecular weight is 285 g/mol. The summed E-state index contributed by atoms with van der Waals surface area (Å²) in [6.45, 7) is 1.78. The van der Waals surface area contributed by atoms with Crippen LogP contribution in [0.2, 0.25) is 5.02 Å². The summed E-state index contributed by atoms with van der Waals surface area (Å²) < 4.78 is 5.82. The molecule has 0 spiro atoms. The molecule has 1 aromatic rings. The Hall–Kier alpha value is -0.610. The lowest BCUT2D eigenvalue weighted by atomic mass is 9.77. The van der Waals surface area contributed by atoms with Crippen molar-refractivity contribution in [3.8, 4) is 0 Å². The number of halogens is 1. The number of aliphatic hydroxyl groups excluding tert-OH is 2. The van der Waals surface area contributed by atoms with Crippen LogP contribution >= 0.6 is 11.6 Å². The van der Waals surface area contributed by atoms with Gasteiger partial charge in [0.15, 0.2) is 0 Å². The van der Waals surface area contributed by atoms with Crippen LogP contribution in [0.3, 0.4) is 0 Å². The third-order valence-corrected chi connectivity index (χ3v) is 4.32. The van der Waals surface area contributed by atoms with E-state index in [-0.39, 0.29) is 25.4 Å². The highest BCUT2D eigenvalue weighted by Gasteiger charge is 2.37. The minimum atomic E-state index is -0.729. The lowest BCUT2D eigenvalue weighted by Crippen LogP contribution is -2.38. The highest BCUT2D eigenvalue weighted by Crippen LogP contribution is 2.37. The molecule has 1 saturated heterocycles. The SMILES string of the molecule is CC1CCC(CC(CO)(CO)c2ccccc2Cl)O1. The molecule has 1 aliphatic rings. The van der Waals surface area contributed by atoms with Crippen LogP contribution in [0.5, 0.6) is 0 Å². The molecule has 2 atom stereocenters. The van der Waals surface area contributed by atoms with E-state index in [4.69, 9.17) is 16.3 Å². The maximum atomic E-state index is 9.81. The first-order chi connectivity index (χ1) is 9.11. The van der Waals surface area contributed by atoms with Gasteiger partial charge >= 0.3 is 0 Å². The molecule has 0 aliphatic carbocycles. The number of aliphatic hydroxyl groups is 2. The third kappa shape index (κ3) is 3.11. The fraction of sp³-hybridized carbons (Fsp3) is 0.600. The van der Waals surface area contributed by atoms with E-state index in [1.807, 2.05) is 18.2 Å². The standard InChI is InChI=1S/C15H21ClO3/c1-11-6-7-12(19-11)8-15(9-17,10-18)13-4-2-3-5-14(13)16/h2-5,11-12,17-18H,6-10H2,1H3. The van der Waals surface area contributed by atoms with Crippen LogP contribution in [0, 0.1) is 0 Å². The number of hydrogen-bond acceptors (Lipinski definition) is 3. The van der Waals surface area contributed by atoms with Gasteiger partial charge in [-0.25, -0.2) is 0 Å². The summed E-state index contributed by atoms with van der Waals surface area (Å²) in [5.74, 6) is 0. The lowest BCUT2D eigenvalue weighted by molar-refractivity contribution is 0.0113. The van der Waals surface area contributed by atoms with Crippen molar-refractivity contribution in [3.05, 3.63) is 34.9 Å². The molecule has 2 unspecified atom stereocenters. The van der Waals surface area contributed by atoms with Gasteiger partial charge in [0.1, 0.15) is 0 Å². The van der Waals surface area contributed by atoms with Gasteiger partial charge in [-0.1, -0.05) is 29.8 Å². The molecule has 0 saturated carbocycles. The molecule has 1 aromatic carbocycles. The van der Waals surface area contributed by atoms with Gasteiger partial charge in [-0.2, -0.15) is 0 Å².